The van der Waals surface area contributed by atoms with Gasteiger partial charge in [0.15, 0.2) is 5.82 Å². The molecule has 0 bridgehead atoms. The lowest BCUT2D eigenvalue weighted by atomic mass is 10.1. The fourth-order valence-corrected chi connectivity index (χ4v) is 1.67. The second-order valence-corrected chi connectivity index (χ2v) is 4.19. The van der Waals surface area contributed by atoms with Crippen LogP contribution in [0, 0.1) is 25.2 Å². The Morgan fingerprint density at radius 2 is 2.21 bits per heavy atom. The Hall–Kier alpha value is -2.49. The molecule has 0 aromatic carbocycles. The van der Waals surface area contributed by atoms with E-state index in [1.807, 2.05) is 20.0 Å². The van der Waals surface area contributed by atoms with Gasteiger partial charge in [-0.25, -0.2) is 0 Å². The van der Waals surface area contributed by atoms with Gasteiger partial charge in [0.2, 0.25) is 0 Å². The standard InChI is InChI=1S/C12H15N7/c1-9-10(2)16-17-12(11(9)8-13)14-4-3-6-19-7-5-15-18-19/h5,7H,3-4,6H2,1-2H3,(H,14,17). The molecule has 0 aliphatic rings. The molecule has 19 heavy (non-hydrogen) atoms. The first-order valence-electron chi connectivity index (χ1n) is 6.04. The first kappa shape index (κ1) is 13.0. The normalized spacial score (nSPS) is 10.2. The van der Waals surface area contributed by atoms with Gasteiger partial charge in [-0.3, -0.25) is 4.68 Å². The van der Waals surface area contributed by atoms with Crippen LogP contribution in [-0.4, -0.2) is 31.7 Å². The summed E-state index contributed by atoms with van der Waals surface area (Å²) in [4.78, 5) is 0. The second kappa shape index (κ2) is 5.91. The van der Waals surface area contributed by atoms with Gasteiger partial charge in [0.25, 0.3) is 0 Å². The molecule has 7 heteroatoms. The molecule has 1 N–H and O–H groups in total. The molecule has 0 unspecified atom stereocenters. The van der Waals surface area contributed by atoms with Crippen molar-refractivity contribution in [2.45, 2.75) is 26.8 Å². The summed E-state index contributed by atoms with van der Waals surface area (Å²) in [6, 6.07) is 2.17. The predicted octanol–water partition coefficient (Wildman–Crippen LogP) is 1.06. The second-order valence-electron chi connectivity index (χ2n) is 4.19. The monoisotopic (exact) mass is 257 g/mol. The topological polar surface area (TPSA) is 92.3 Å². The maximum atomic E-state index is 9.15. The van der Waals surface area contributed by atoms with Crippen LogP contribution in [0.5, 0.6) is 0 Å². The summed E-state index contributed by atoms with van der Waals surface area (Å²) in [6.45, 7) is 5.19. The van der Waals surface area contributed by atoms with Crippen molar-refractivity contribution in [2.24, 2.45) is 0 Å². The average molecular weight is 257 g/mol. The number of nitriles is 1. The molecule has 0 amide bonds. The Kier molecular flexibility index (Phi) is 4.03. The van der Waals surface area contributed by atoms with E-state index in [0.29, 0.717) is 17.9 Å². The van der Waals surface area contributed by atoms with E-state index >= 15 is 0 Å². The highest BCUT2D eigenvalue weighted by molar-refractivity contribution is 5.55. The molecule has 2 rings (SSSR count). The first-order chi connectivity index (χ1) is 9.22. The van der Waals surface area contributed by atoms with Crippen molar-refractivity contribution in [1.29, 1.82) is 5.26 Å². The summed E-state index contributed by atoms with van der Waals surface area (Å²) in [6.07, 6.45) is 4.33. The zero-order chi connectivity index (χ0) is 13.7. The molecular formula is C12H15N7. The Morgan fingerprint density at radius 1 is 1.37 bits per heavy atom. The van der Waals surface area contributed by atoms with Gasteiger partial charge in [-0.05, 0) is 25.8 Å². The number of anilines is 1. The third-order valence-corrected chi connectivity index (χ3v) is 2.89. The zero-order valence-corrected chi connectivity index (χ0v) is 11.0. The minimum absolute atomic E-state index is 0.546. The van der Waals surface area contributed by atoms with Gasteiger partial charge in [-0.1, -0.05) is 5.21 Å². The summed E-state index contributed by atoms with van der Waals surface area (Å²) >= 11 is 0. The predicted molar refractivity (Wildman–Crippen MR) is 69.3 cm³/mol. The van der Waals surface area contributed by atoms with Crippen LogP contribution in [0.1, 0.15) is 23.2 Å². The van der Waals surface area contributed by atoms with Crippen LogP contribution in [0.3, 0.4) is 0 Å². The quantitative estimate of drug-likeness (QED) is 0.805. The molecule has 2 heterocycles. The van der Waals surface area contributed by atoms with Gasteiger partial charge in [0.1, 0.15) is 11.6 Å². The maximum absolute atomic E-state index is 9.15. The van der Waals surface area contributed by atoms with Gasteiger partial charge >= 0.3 is 0 Å². The Balaban J connectivity index is 1.93. The summed E-state index contributed by atoms with van der Waals surface area (Å²) in [5, 5.41) is 28.0. The smallest absolute Gasteiger partial charge is 0.166 e. The highest BCUT2D eigenvalue weighted by atomic mass is 15.4. The van der Waals surface area contributed by atoms with Gasteiger partial charge in [-0.2, -0.15) is 10.4 Å². The van der Waals surface area contributed by atoms with Crippen molar-refractivity contribution >= 4 is 5.82 Å². The molecule has 0 radical (unpaired) electrons. The molecule has 98 valence electrons. The van der Waals surface area contributed by atoms with E-state index in [9.17, 15) is 0 Å². The largest absolute Gasteiger partial charge is 0.367 e. The van der Waals surface area contributed by atoms with Crippen LogP contribution >= 0.6 is 0 Å². The fraction of sp³-hybridized carbons (Fsp3) is 0.417. The van der Waals surface area contributed by atoms with E-state index in [4.69, 9.17) is 5.26 Å². The van der Waals surface area contributed by atoms with Crippen LogP contribution < -0.4 is 5.32 Å². The van der Waals surface area contributed by atoms with E-state index < -0.39 is 0 Å². The van der Waals surface area contributed by atoms with Crippen molar-refractivity contribution in [3.05, 3.63) is 29.2 Å². The molecule has 0 saturated carbocycles. The highest BCUT2D eigenvalue weighted by Gasteiger charge is 2.09. The molecule has 0 fully saturated rings. The number of nitrogens with zero attached hydrogens (tertiary/aromatic N) is 6. The lowest BCUT2D eigenvalue weighted by Crippen LogP contribution is -2.11. The number of hydrogen-bond acceptors (Lipinski definition) is 6. The molecule has 0 aliphatic carbocycles. The minimum Gasteiger partial charge on any atom is -0.367 e. The van der Waals surface area contributed by atoms with Gasteiger partial charge in [0, 0.05) is 19.3 Å². The number of nitrogens with one attached hydrogen (secondary N) is 1. The molecule has 0 spiro atoms. The van der Waals surface area contributed by atoms with E-state index in [1.54, 1.807) is 10.9 Å². The van der Waals surface area contributed by atoms with Crippen molar-refractivity contribution in [3.8, 4) is 6.07 Å². The van der Waals surface area contributed by atoms with Gasteiger partial charge < -0.3 is 5.32 Å². The van der Waals surface area contributed by atoms with Crippen LogP contribution in [0.15, 0.2) is 12.4 Å². The lowest BCUT2D eigenvalue weighted by molar-refractivity contribution is 0.569. The summed E-state index contributed by atoms with van der Waals surface area (Å²) in [5.74, 6) is 0.546. The van der Waals surface area contributed by atoms with Crippen molar-refractivity contribution < 1.29 is 0 Å². The summed E-state index contributed by atoms with van der Waals surface area (Å²) in [7, 11) is 0. The van der Waals surface area contributed by atoms with E-state index in [0.717, 1.165) is 24.2 Å². The molecule has 0 aliphatic heterocycles. The van der Waals surface area contributed by atoms with Gasteiger partial charge in [-0.15, -0.1) is 10.2 Å². The molecule has 0 saturated heterocycles. The third-order valence-electron chi connectivity index (χ3n) is 2.89. The van der Waals surface area contributed by atoms with Crippen molar-refractivity contribution in [3.63, 3.8) is 0 Å². The molecule has 7 nitrogen and oxygen atoms in total. The molecule has 0 atom stereocenters. The lowest BCUT2D eigenvalue weighted by Gasteiger charge is -2.09. The minimum atomic E-state index is 0.546. The van der Waals surface area contributed by atoms with Crippen molar-refractivity contribution in [1.82, 2.24) is 25.2 Å². The van der Waals surface area contributed by atoms with E-state index in [-0.39, 0.29) is 0 Å². The first-order valence-corrected chi connectivity index (χ1v) is 6.04. The zero-order valence-electron chi connectivity index (χ0n) is 11.0. The third kappa shape index (κ3) is 3.04. The fourth-order valence-electron chi connectivity index (χ4n) is 1.67. The van der Waals surface area contributed by atoms with Crippen LogP contribution in [-0.2, 0) is 6.54 Å². The number of aryl methyl sites for hydroxylation is 2. The van der Waals surface area contributed by atoms with Crippen LogP contribution in [0.25, 0.3) is 0 Å². The number of hydrogen-bond donors (Lipinski definition) is 1. The van der Waals surface area contributed by atoms with E-state index in [2.05, 4.69) is 31.9 Å². The van der Waals surface area contributed by atoms with Crippen LogP contribution in [0.4, 0.5) is 5.82 Å². The van der Waals surface area contributed by atoms with Crippen molar-refractivity contribution in [2.75, 3.05) is 11.9 Å². The average Bonchev–Trinajstić information content (AvgIpc) is 2.92. The number of rotatable bonds is 5. The Labute approximate surface area is 111 Å². The summed E-state index contributed by atoms with van der Waals surface area (Å²) in [5.41, 5.74) is 2.22. The van der Waals surface area contributed by atoms with E-state index in [1.165, 1.54) is 0 Å². The van der Waals surface area contributed by atoms with Crippen LogP contribution in [0.2, 0.25) is 0 Å². The molecular weight excluding hydrogens is 242 g/mol. The SMILES string of the molecule is Cc1nnc(NCCCn2ccnn2)c(C#N)c1C. The molecule has 2 aromatic heterocycles. The molecule has 2 aromatic rings. The maximum Gasteiger partial charge on any atom is 0.166 e. The number of aromatic nitrogens is 5. The highest BCUT2D eigenvalue weighted by Crippen LogP contribution is 2.16. The Morgan fingerprint density at radius 3 is 2.89 bits per heavy atom. The van der Waals surface area contributed by atoms with Gasteiger partial charge in [0.05, 0.1) is 11.9 Å². The Bertz CT molecular complexity index is 583. The summed E-state index contributed by atoms with van der Waals surface area (Å²) < 4.78 is 1.76.